The summed E-state index contributed by atoms with van der Waals surface area (Å²) in [6.07, 6.45) is 6.53. The zero-order chi connectivity index (χ0) is 18.3. The molecule has 6 heteroatoms. The molecular weight excluding hydrogens is 314 g/mol. The van der Waals surface area contributed by atoms with Gasteiger partial charge in [0.25, 0.3) is 0 Å². The Balaban J connectivity index is 1.96. The topological polar surface area (TPSA) is 52.1 Å². The maximum Gasteiger partial charge on any atom is 0.191 e. The van der Waals surface area contributed by atoms with Crippen LogP contribution in [0.15, 0.2) is 4.99 Å². The first-order valence-corrected chi connectivity index (χ1v) is 9.84. The lowest BCUT2D eigenvalue weighted by Gasteiger charge is -2.50. The van der Waals surface area contributed by atoms with Crippen LogP contribution in [0.25, 0.3) is 0 Å². The zero-order valence-electron chi connectivity index (χ0n) is 17.0. The van der Waals surface area contributed by atoms with E-state index in [0.717, 1.165) is 19.0 Å². The molecule has 0 saturated carbocycles. The molecule has 0 spiro atoms. The van der Waals surface area contributed by atoms with Crippen LogP contribution in [-0.4, -0.2) is 87.4 Å². The number of nitrogens with zero attached hydrogens (tertiary/aromatic N) is 3. The Kier molecular flexibility index (Phi) is 7.52. The molecule has 2 fully saturated rings. The van der Waals surface area contributed by atoms with Gasteiger partial charge in [-0.15, -0.1) is 0 Å². The summed E-state index contributed by atoms with van der Waals surface area (Å²) >= 11 is 0. The molecule has 0 radical (unpaired) electrons. The van der Waals surface area contributed by atoms with Crippen LogP contribution in [0.4, 0.5) is 0 Å². The third kappa shape index (κ3) is 5.83. The number of piperidine rings is 2. The second-order valence-corrected chi connectivity index (χ2v) is 8.32. The molecule has 0 bridgehead atoms. The summed E-state index contributed by atoms with van der Waals surface area (Å²) in [6.45, 7) is 10.7. The summed E-state index contributed by atoms with van der Waals surface area (Å²) < 4.78 is 5.49. The van der Waals surface area contributed by atoms with Gasteiger partial charge in [-0.1, -0.05) is 6.42 Å². The van der Waals surface area contributed by atoms with E-state index in [9.17, 15) is 0 Å². The number of ether oxygens (including phenoxy) is 1. The Hall–Kier alpha value is -0.850. The Bertz CT molecular complexity index is 424. The number of likely N-dealkylation sites (tertiary alicyclic amines) is 2. The van der Waals surface area contributed by atoms with Crippen LogP contribution in [0.1, 0.15) is 46.0 Å². The molecule has 0 aliphatic carbocycles. The summed E-state index contributed by atoms with van der Waals surface area (Å²) in [5.41, 5.74) is 0.0665. The number of guanidine groups is 1. The van der Waals surface area contributed by atoms with E-state index in [-0.39, 0.29) is 11.1 Å². The molecule has 6 nitrogen and oxygen atoms in total. The quantitative estimate of drug-likeness (QED) is 0.560. The highest BCUT2D eigenvalue weighted by atomic mass is 16.5. The maximum atomic E-state index is 5.49. The minimum Gasteiger partial charge on any atom is -0.377 e. The molecule has 2 aliphatic heterocycles. The van der Waals surface area contributed by atoms with Gasteiger partial charge in [-0.05, 0) is 72.8 Å². The first kappa shape index (κ1) is 20.5. The zero-order valence-corrected chi connectivity index (χ0v) is 17.0. The van der Waals surface area contributed by atoms with Gasteiger partial charge in [-0.3, -0.25) is 9.89 Å². The molecule has 2 N–H and O–H groups in total. The second kappa shape index (κ2) is 9.19. The van der Waals surface area contributed by atoms with E-state index < -0.39 is 0 Å². The molecule has 0 amide bonds. The predicted octanol–water partition coefficient (Wildman–Crippen LogP) is 1.53. The van der Waals surface area contributed by atoms with Crippen LogP contribution in [0.5, 0.6) is 0 Å². The van der Waals surface area contributed by atoms with Crippen LogP contribution in [-0.2, 0) is 4.74 Å². The molecule has 2 rings (SSSR count). The van der Waals surface area contributed by atoms with Gasteiger partial charge >= 0.3 is 0 Å². The van der Waals surface area contributed by atoms with Crippen LogP contribution >= 0.6 is 0 Å². The highest BCUT2D eigenvalue weighted by molar-refractivity contribution is 5.79. The summed E-state index contributed by atoms with van der Waals surface area (Å²) in [6, 6.07) is 0. The minimum atomic E-state index is -0.199. The SMILES string of the molecule is CN=C(NCC(C)(C)OC)NCC1(N2CCCCC2)CCN(C)CC1. The smallest absolute Gasteiger partial charge is 0.191 e. The highest BCUT2D eigenvalue weighted by Gasteiger charge is 2.39. The molecular formula is C19H39N5O. The fraction of sp³-hybridized carbons (Fsp3) is 0.947. The molecule has 0 unspecified atom stereocenters. The number of aliphatic imine (C=N–C) groups is 1. The molecule has 2 aliphatic rings. The fourth-order valence-electron chi connectivity index (χ4n) is 3.85. The summed E-state index contributed by atoms with van der Waals surface area (Å²) in [5, 5.41) is 7.03. The van der Waals surface area contributed by atoms with Crippen molar-refractivity contribution in [1.29, 1.82) is 0 Å². The summed E-state index contributed by atoms with van der Waals surface area (Å²) in [5.74, 6) is 0.875. The number of nitrogens with one attached hydrogen (secondary N) is 2. The second-order valence-electron chi connectivity index (χ2n) is 8.32. The van der Waals surface area contributed by atoms with E-state index in [1.54, 1.807) is 7.11 Å². The largest absolute Gasteiger partial charge is 0.377 e. The Morgan fingerprint density at radius 2 is 1.72 bits per heavy atom. The van der Waals surface area contributed by atoms with Crippen LogP contribution < -0.4 is 10.6 Å². The lowest BCUT2D eigenvalue weighted by molar-refractivity contribution is 0.0167. The van der Waals surface area contributed by atoms with Crippen LogP contribution in [0, 0.1) is 0 Å². The molecule has 0 aromatic heterocycles. The minimum absolute atomic E-state index is 0.199. The van der Waals surface area contributed by atoms with Crippen molar-refractivity contribution in [2.24, 2.45) is 4.99 Å². The van der Waals surface area contributed by atoms with E-state index in [2.05, 4.69) is 46.3 Å². The Labute approximate surface area is 154 Å². The van der Waals surface area contributed by atoms with Crippen molar-refractivity contribution < 1.29 is 4.74 Å². The highest BCUT2D eigenvalue weighted by Crippen LogP contribution is 2.30. The number of hydrogen-bond acceptors (Lipinski definition) is 4. The maximum absolute atomic E-state index is 5.49. The Morgan fingerprint density at radius 1 is 1.08 bits per heavy atom. The monoisotopic (exact) mass is 353 g/mol. The predicted molar refractivity (Wildman–Crippen MR) is 105 cm³/mol. The van der Waals surface area contributed by atoms with Gasteiger partial charge in [0, 0.05) is 32.8 Å². The van der Waals surface area contributed by atoms with Gasteiger partial charge in [0.1, 0.15) is 0 Å². The van der Waals surface area contributed by atoms with Gasteiger partial charge in [0.05, 0.1) is 5.60 Å². The van der Waals surface area contributed by atoms with Crippen molar-refractivity contribution in [3.63, 3.8) is 0 Å². The first-order valence-electron chi connectivity index (χ1n) is 9.84. The molecule has 25 heavy (non-hydrogen) atoms. The van der Waals surface area contributed by atoms with E-state index in [1.807, 2.05) is 7.05 Å². The Morgan fingerprint density at radius 3 is 2.28 bits per heavy atom. The number of rotatable bonds is 6. The third-order valence-corrected chi connectivity index (χ3v) is 5.99. The molecule has 0 atom stereocenters. The summed E-state index contributed by atoms with van der Waals surface area (Å²) in [7, 11) is 5.83. The lowest BCUT2D eigenvalue weighted by Crippen LogP contribution is -2.62. The number of methoxy groups -OCH3 is 1. The average molecular weight is 354 g/mol. The van der Waals surface area contributed by atoms with E-state index in [0.29, 0.717) is 0 Å². The summed E-state index contributed by atoms with van der Waals surface area (Å²) in [4.78, 5) is 9.62. The molecule has 2 saturated heterocycles. The van der Waals surface area contributed by atoms with Gasteiger partial charge in [-0.25, -0.2) is 0 Å². The van der Waals surface area contributed by atoms with Crippen LogP contribution in [0.3, 0.4) is 0 Å². The van der Waals surface area contributed by atoms with Crippen LogP contribution in [0.2, 0.25) is 0 Å². The van der Waals surface area contributed by atoms with Crippen molar-refractivity contribution >= 4 is 5.96 Å². The standard InChI is InChI=1S/C19H39N5O/c1-18(2,25-5)15-21-17(20-3)22-16-19(9-13-23(4)14-10-19)24-11-7-6-8-12-24/h6-16H2,1-5H3,(H2,20,21,22). The van der Waals surface area contributed by atoms with E-state index in [4.69, 9.17) is 4.74 Å². The third-order valence-electron chi connectivity index (χ3n) is 5.99. The number of hydrogen-bond donors (Lipinski definition) is 2. The van der Waals surface area contributed by atoms with Gasteiger partial charge in [-0.2, -0.15) is 0 Å². The molecule has 0 aromatic carbocycles. The lowest BCUT2D eigenvalue weighted by atomic mass is 9.84. The van der Waals surface area contributed by atoms with Crippen molar-refractivity contribution in [3.05, 3.63) is 0 Å². The van der Waals surface area contributed by atoms with Gasteiger partial charge < -0.3 is 20.3 Å². The fourth-order valence-corrected chi connectivity index (χ4v) is 3.85. The van der Waals surface area contributed by atoms with Crippen molar-refractivity contribution in [1.82, 2.24) is 20.4 Å². The molecule has 2 heterocycles. The van der Waals surface area contributed by atoms with Crippen molar-refractivity contribution in [2.45, 2.75) is 57.1 Å². The van der Waals surface area contributed by atoms with E-state index in [1.165, 1.54) is 58.3 Å². The van der Waals surface area contributed by atoms with Crippen molar-refractivity contribution in [3.8, 4) is 0 Å². The van der Waals surface area contributed by atoms with E-state index >= 15 is 0 Å². The van der Waals surface area contributed by atoms with Crippen molar-refractivity contribution in [2.75, 3.05) is 60.5 Å². The molecule has 0 aromatic rings. The average Bonchev–Trinajstić information content (AvgIpc) is 2.64. The first-order chi connectivity index (χ1) is 11.9. The van der Waals surface area contributed by atoms with Gasteiger partial charge in [0.15, 0.2) is 5.96 Å². The normalized spacial score (nSPS) is 23.5. The molecule has 146 valence electrons. The van der Waals surface area contributed by atoms with Gasteiger partial charge in [0.2, 0.25) is 0 Å².